The summed E-state index contributed by atoms with van der Waals surface area (Å²) in [5, 5.41) is 21.0. The van der Waals surface area contributed by atoms with Gasteiger partial charge in [-0.15, -0.1) is 0 Å². The zero-order chi connectivity index (χ0) is 14.1. The van der Waals surface area contributed by atoms with Gasteiger partial charge in [0.2, 0.25) is 0 Å². The fourth-order valence-corrected chi connectivity index (χ4v) is 2.70. The average molecular weight is 272 g/mol. The molecule has 1 aliphatic carbocycles. The standard InChI is InChI=1S/C14H28N2O3/c1-16(12-6-3-2-4-7-12)9-5-8-15-11-13(17)10-14(18)19/h12-13,15,17H,2-11H2,1H3,(H,18,19). The van der Waals surface area contributed by atoms with Crippen molar-refractivity contribution in [3.05, 3.63) is 0 Å². The molecule has 0 bridgehead atoms. The zero-order valence-corrected chi connectivity index (χ0v) is 12.0. The number of carbonyl (C=O) groups is 1. The second-order valence-electron chi connectivity index (χ2n) is 5.58. The van der Waals surface area contributed by atoms with E-state index in [-0.39, 0.29) is 6.42 Å². The normalized spacial score (nSPS) is 18.7. The van der Waals surface area contributed by atoms with E-state index < -0.39 is 12.1 Å². The van der Waals surface area contributed by atoms with Crippen molar-refractivity contribution >= 4 is 5.97 Å². The first kappa shape index (κ1) is 16.4. The highest BCUT2D eigenvalue weighted by molar-refractivity contribution is 5.67. The molecule has 1 aliphatic rings. The molecule has 0 spiro atoms. The molecule has 0 saturated heterocycles. The second-order valence-corrected chi connectivity index (χ2v) is 5.58. The monoisotopic (exact) mass is 272 g/mol. The molecule has 112 valence electrons. The number of aliphatic hydroxyl groups is 1. The maximum Gasteiger partial charge on any atom is 0.306 e. The van der Waals surface area contributed by atoms with Gasteiger partial charge in [0.05, 0.1) is 12.5 Å². The van der Waals surface area contributed by atoms with Crippen molar-refractivity contribution in [2.75, 3.05) is 26.7 Å². The van der Waals surface area contributed by atoms with Crippen molar-refractivity contribution in [1.82, 2.24) is 10.2 Å². The van der Waals surface area contributed by atoms with Gasteiger partial charge in [0.15, 0.2) is 0 Å². The summed E-state index contributed by atoms with van der Waals surface area (Å²) in [7, 11) is 2.19. The number of aliphatic hydroxyl groups excluding tert-OH is 1. The van der Waals surface area contributed by atoms with Crippen LogP contribution in [0.15, 0.2) is 0 Å². The van der Waals surface area contributed by atoms with E-state index >= 15 is 0 Å². The molecule has 0 aromatic rings. The van der Waals surface area contributed by atoms with Gasteiger partial charge in [0, 0.05) is 12.6 Å². The zero-order valence-electron chi connectivity index (χ0n) is 12.0. The van der Waals surface area contributed by atoms with Crippen LogP contribution in [0, 0.1) is 0 Å². The molecular weight excluding hydrogens is 244 g/mol. The number of hydrogen-bond donors (Lipinski definition) is 3. The Morgan fingerprint density at radius 2 is 2.05 bits per heavy atom. The summed E-state index contributed by atoms with van der Waals surface area (Å²) in [5.41, 5.74) is 0. The first-order chi connectivity index (χ1) is 9.09. The number of aliphatic carboxylic acids is 1. The molecule has 1 unspecified atom stereocenters. The van der Waals surface area contributed by atoms with Gasteiger partial charge in [0.25, 0.3) is 0 Å². The van der Waals surface area contributed by atoms with E-state index in [1.807, 2.05) is 0 Å². The molecule has 5 nitrogen and oxygen atoms in total. The maximum absolute atomic E-state index is 10.4. The summed E-state index contributed by atoms with van der Waals surface area (Å²) in [5.74, 6) is -0.952. The van der Waals surface area contributed by atoms with E-state index in [9.17, 15) is 9.90 Å². The Kier molecular flexibility index (Phi) is 8.02. The number of carboxylic acids is 1. The van der Waals surface area contributed by atoms with Crippen LogP contribution in [0.2, 0.25) is 0 Å². The lowest BCUT2D eigenvalue weighted by Gasteiger charge is -2.31. The van der Waals surface area contributed by atoms with Crippen LogP contribution < -0.4 is 5.32 Å². The predicted molar refractivity (Wildman–Crippen MR) is 75.2 cm³/mol. The van der Waals surface area contributed by atoms with Gasteiger partial charge in [-0.25, -0.2) is 0 Å². The van der Waals surface area contributed by atoms with Crippen LogP contribution in [0.3, 0.4) is 0 Å². The number of carboxylic acid groups (broad SMARTS) is 1. The molecule has 1 atom stereocenters. The van der Waals surface area contributed by atoms with E-state index in [1.165, 1.54) is 32.1 Å². The van der Waals surface area contributed by atoms with Crippen LogP contribution in [0.4, 0.5) is 0 Å². The molecule has 1 saturated carbocycles. The van der Waals surface area contributed by atoms with Crippen molar-refractivity contribution in [2.24, 2.45) is 0 Å². The first-order valence-corrected chi connectivity index (χ1v) is 7.40. The van der Waals surface area contributed by atoms with Crippen molar-refractivity contribution in [3.8, 4) is 0 Å². The lowest BCUT2D eigenvalue weighted by Crippen LogP contribution is -2.36. The largest absolute Gasteiger partial charge is 0.481 e. The van der Waals surface area contributed by atoms with Crippen LogP contribution in [0.5, 0.6) is 0 Å². The van der Waals surface area contributed by atoms with E-state index in [0.717, 1.165) is 25.6 Å². The second kappa shape index (κ2) is 9.28. The Bertz CT molecular complexity index is 255. The predicted octanol–water partition coefficient (Wildman–Crippen LogP) is 1.07. The Morgan fingerprint density at radius 3 is 2.68 bits per heavy atom. The van der Waals surface area contributed by atoms with Gasteiger partial charge in [-0.1, -0.05) is 19.3 Å². The topological polar surface area (TPSA) is 72.8 Å². The quantitative estimate of drug-likeness (QED) is 0.548. The van der Waals surface area contributed by atoms with Crippen molar-refractivity contribution < 1.29 is 15.0 Å². The molecule has 5 heteroatoms. The molecule has 1 rings (SSSR count). The summed E-state index contributed by atoms with van der Waals surface area (Å²) in [6.45, 7) is 2.25. The summed E-state index contributed by atoms with van der Waals surface area (Å²) in [6.07, 6.45) is 6.80. The van der Waals surface area contributed by atoms with Crippen LogP contribution in [-0.2, 0) is 4.79 Å². The van der Waals surface area contributed by atoms with Gasteiger partial charge in [0.1, 0.15) is 0 Å². The molecule has 19 heavy (non-hydrogen) atoms. The van der Waals surface area contributed by atoms with Crippen LogP contribution >= 0.6 is 0 Å². The Hall–Kier alpha value is -0.650. The SMILES string of the molecule is CN(CCCNCC(O)CC(=O)O)C1CCCCC1. The molecule has 3 N–H and O–H groups in total. The highest BCUT2D eigenvalue weighted by Crippen LogP contribution is 2.21. The number of hydrogen-bond acceptors (Lipinski definition) is 4. The molecular formula is C14H28N2O3. The third kappa shape index (κ3) is 7.50. The molecule has 0 heterocycles. The molecule has 0 radical (unpaired) electrons. The van der Waals surface area contributed by atoms with E-state index in [1.54, 1.807) is 0 Å². The van der Waals surface area contributed by atoms with Gasteiger partial charge in [-0.2, -0.15) is 0 Å². The Morgan fingerprint density at radius 1 is 1.37 bits per heavy atom. The molecule has 1 fully saturated rings. The lowest BCUT2D eigenvalue weighted by molar-refractivity contribution is -0.139. The summed E-state index contributed by atoms with van der Waals surface area (Å²) >= 11 is 0. The third-order valence-electron chi connectivity index (χ3n) is 3.85. The van der Waals surface area contributed by atoms with Gasteiger partial charge >= 0.3 is 5.97 Å². The molecule has 0 aromatic heterocycles. The highest BCUT2D eigenvalue weighted by atomic mass is 16.4. The number of nitrogens with zero attached hydrogens (tertiary/aromatic N) is 1. The maximum atomic E-state index is 10.4. The summed E-state index contributed by atoms with van der Waals surface area (Å²) in [6, 6.07) is 0.742. The minimum Gasteiger partial charge on any atom is -0.481 e. The van der Waals surface area contributed by atoms with Gasteiger partial charge in [-0.05, 0) is 39.4 Å². The Balaban J connectivity index is 1.99. The van der Waals surface area contributed by atoms with E-state index in [2.05, 4.69) is 17.3 Å². The minimum absolute atomic E-state index is 0.186. The lowest BCUT2D eigenvalue weighted by atomic mass is 9.94. The first-order valence-electron chi connectivity index (χ1n) is 7.40. The van der Waals surface area contributed by atoms with Gasteiger partial charge < -0.3 is 20.4 Å². The van der Waals surface area contributed by atoms with Crippen molar-refractivity contribution in [3.63, 3.8) is 0 Å². The Labute approximate surface area is 116 Å². The fourth-order valence-electron chi connectivity index (χ4n) is 2.70. The van der Waals surface area contributed by atoms with Crippen LogP contribution in [0.25, 0.3) is 0 Å². The average Bonchev–Trinajstić information content (AvgIpc) is 2.38. The number of nitrogens with one attached hydrogen (secondary N) is 1. The molecule has 0 aromatic carbocycles. The van der Waals surface area contributed by atoms with E-state index in [4.69, 9.17) is 5.11 Å². The fraction of sp³-hybridized carbons (Fsp3) is 0.929. The smallest absolute Gasteiger partial charge is 0.306 e. The van der Waals surface area contributed by atoms with Crippen LogP contribution in [0.1, 0.15) is 44.9 Å². The minimum atomic E-state index is -0.952. The van der Waals surface area contributed by atoms with Crippen molar-refractivity contribution in [1.29, 1.82) is 0 Å². The number of rotatable bonds is 9. The third-order valence-corrected chi connectivity index (χ3v) is 3.85. The van der Waals surface area contributed by atoms with E-state index in [0.29, 0.717) is 6.54 Å². The van der Waals surface area contributed by atoms with Crippen molar-refractivity contribution in [2.45, 2.75) is 57.1 Å². The van der Waals surface area contributed by atoms with Gasteiger partial charge in [-0.3, -0.25) is 4.79 Å². The molecule has 0 amide bonds. The van der Waals surface area contributed by atoms with Crippen LogP contribution in [-0.4, -0.2) is 59.9 Å². The highest BCUT2D eigenvalue weighted by Gasteiger charge is 2.17. The molecule has 0 aliphatic heterocycles. The summed E-state index contributed by atoms with van der Waals surface area (Å²) < 4.78 is 0. The summed E-state index contributed by atoms with van der Waals surface area (Å²) in [4.78, 5) is 12.8.